The van der Waals surface area contributed by atoms with E-state index in [1.165, 1.54) is 0 Å². The maximum absolute atomic E-state index is 12.9. The standard InChI is InChI=1S/C17H23NO3/c1-2-7-15(13-8-4-3-5-9-13)17(21)18-11-6-10-14(18)12-16(19)20/h3-5,8-9,14-15H,2,6-7,10-12H2,1H3,(H,19,20). The zero-order valence-electron chi connectivity index (χ0n) is 12.5. The van der Waals surface area contributed by atoms with E-state index >= 15 is 0 Å². The molecule has 2 atom stereocenters. The first-order valence-corrected chi connectivity index (χ1v) is 7.70. The number of amides is 1. The molecule has 0 aromatic heterocycles. The number of hydrogen-bond acceptors (Lipinski definition) is 2. The van der Waals surface area contributed by atoms with Gasteiger partial charge >= 0.3 is 5.97 Å². The van der Waals surface area contributed by atoms with Gasteiger partial charge in [-0.1, -0.05) is 43.7 Å². The maximum atomic E-state index is 12.9. The third-order valence-corrected chi connectivity index (χ3v) is 4.15. The molecule has 1 saturated heterocycles. The van der Waals surface area contributed by atoms with Crippen LogP contribution in [0.2, 0.25) is 0 Å². The predicted molar refractivity (Wildman–Crippen MR) is 81.1 cm³/mol. The molecule has 2 unspecified atom stereocenters. The smallest absolute Gasteiger partial charge is 0.305 e. The number of nitrogens with zero attached hydrogens (tertiary/aromatic N) is 1. The Labute approximate surface area is 125 Å². The van der Waals surface area contributed by atoms with E-state index in [4.69, 9.17) is 5.11 Å². The number of benzene rings is 1. The van der Waals surface area contributed by atoms with Gasteiger partial charge in [0, 0.05) is 12.6 Å². The second-order valence-corrected chi connectivity index (χ2v) is 5.68. The zero-order valence-corrected chi connectivity index (χ0v) is 12.5. The highest BCUT2D eigenvalue weighted by Gasteiger charge is 2.34. The number of carbonyl (C=O) groups excluding carboxylic acids is 1. The molecule has 1 N–H and O–H groups in total. The summed E-state index contributed by atoms with van der Waals surface area (Å²) < 4.78 is 0. The fourth-order valence-electron chi connectivity index (χ4n) is 3.15. The number of carbonyl (C=O) groups is 2. The van der Waals surface area contributed by atoms with Crippen LogP contribution in [-0.4, -0.2) is 34.5 Å². The van der Waals surface area contributed by atoms with Crippen molar-refractivity contribution in [3.05, 3.63) is 35.9 Å². The fraction of sp³-hybridized carbons (Fsp3) is 0.529. The van der Waals surface area contributed by atoms with Gasteiger partial charge in [0.25, 0.3) is 0 Å². The second kappa shape index (κ2) is 7.25. The summed E-state index contributed by atoms with van der Waals surface area (Å²) in [6, 6.07) is 9.67. The first kappa shape index (κ1) is 15.5. The molecule has 0 spiro atoms. The van der Waals surface area contributed by atoms with Gasteiger partial charge in [-0.15, -0.1) is 0 Å². The quantitative estimate of drug-likeness (QED) is 0.875. The molecule has 114 valence electrons. The molecule has 1 amide bonds. The van der Waals surface area contributed by atoms with Crippen LogP contribution in [0.1, 0.15) is 50.5 Å². The largest absolute Gasteiger partial charge is 0.481 e. The molecule has 1 aliphatic heterocycles. The number of carboxylic acids is 1. The maximum Gasteiger partial charge on any atom is 0.305 e. The Balaban J connectivity index is 2.16. The second-order valence-electron chi connectivity index (χ2n) is 5.68. The van der Waals surface area contributed by atoms with Gasteiger partial charge in [0.05, 0.1) is 12.3 Å². The Morgan fingerprint density at radius 1 is 1.33 bits per heavy atom. The minimum Gasteiger partial charge on any atom is -0.481 e. The van der Waals surface area contributed by atoms with Crippen molar-refractivity contribution in [3.63, 3.8) is 0 Å². The summed E-state index contributed by atoms with van der Waals surface area (Å²) in [4.78, 5) is 25.6. The summed E-state index contributed by atoms with van der Waals surface area (Å²) in [5.41, 5.74) is 1.03. The van der Waals surface area contributed by atoms with Crippen LogP contribution in [0, 0.1) is 0 Å². The van der Waals surface area contributed by atoms with Gasteiger partial charge in [-0.3, -0.25) is 9.59 Å². The average Bonchev–Trinajstić information content (AvgIpc) is 2.92. The molecular formula is C17H23NO3. The van der Waals surface area contributed by atoms with Crippen LogP contribution in [0.3, 0.4) is 0 Å². The van der Waals surface area contributed by atoms with Gasteiger partial charge in [-0.25, -0.2) is 0 Å². The van der Waals surface area contributed by atoms with Gasteiger partial charge in [-0.2, -0.15) is 0 Å². The molecule has 1 heterocycles. The lowest BCUT2D eigenvalue weighted by molar-refractivity contribution is -0.140. The van der Waals surface area contributed by atoms with E-state index < -0.39 is 5.97 Å². The van der Waals surface area contributed by atoms with Crippen LogP contribution in [0.5, 0.6) is 0 Å². The molecule has 4 nitrogen and oxygen atoms in total. The molecule has 1 aromatic rings. The van der Waals surface area contributed by atoms with Crippen molar-refractivity contribution in [3.8, 4) is 0 Å². The summed E-state index contributed by atoms with van der Waals surface area (Å²) in [7, 11) is 0. The van der Waals surface area contributed by atoms with Crippen LogP contribution in [-0.2, 0) is 9.59 Å². The van der Waals surface area contributed by atoms with Gasteiger partial charge in [0.15, 0.2) is 0 Å². The monoisotopic (exact) mass is 289 g/mol. The number of likely N-dealkylation sites (tertiary alicyclic amines) is 1. The van der Waals surface area contributed by atoms with Gasteiger partial charge in [0.2, 0.25) is 5.91 Å². The fourth-order valence-corrected chi connectivity index (χ4v) is 3.15. The minimum atomic E-state index is -0.827. The molecule has 2 rings (SSSR count). The third kappa shape index (κ3) is 3.84. The minimum absolute atomic E-state index is 0.0549. The lowest BCUT2D eigenvalue weighted by atomic mass is 9.92. The average molecular weight is 289 g/mol. The van der Waals surface area contributed by atoms with E-state index in [0.717, 1.165) is 31.2 Å². The van der Waals surface area contributed by atoms with Crippen LogP contribution in [0.4, 0.5) is 0 Å². The van der Waals surface area contributed by atoms with E-state index in [1.54, 1.807) is 4.90 Å². The Morgan fingerprint density at radius 2 is 2.05 bits per heavy atom. The van der Waals surface area contributed by atoms with Gasteiger partial charge < -0.3 is 10.0 Å². The first-order valence-electron chi connectivity index (χ1n) is 7.70. The number of rotatable bonds is 6. The molecule has 21 heavy (non-hydrogen) atoms. The molecule has 1 fully saturated rings. The lowest BCUT2D eigenvalue weighted by Gasteiger charge is -2.28. The molecule has 1 aromatic carbocycles. The predicted octanol–water partition coefficient (Wildman–Crippen LogP) is 3.04. The van der Waals surface area contributed by atoms with Crippen molar-refractivity contribution < 1.29 is 14.7 Å². The van der Waals surface area contributed by atoms with Crippen LogP contribution >= 0.6 is 0 Å². The van der Waals surface area contributed by atoms with E-state index in [-0.39, 0.29) is 24.3 Å². The first-order chi connectivity index (χ1) is 10.1. The van der Waals surface area contributed by atoms with E-state index in [0.29, 0.717) is 6.54 Å². The summed E-state index contributed by atoms with van der Waals surface area (Å²) in [6.45, 7) is 2.76. The Morgan fingerprint density at radius 3 is 2.67 bits per heavy atom. The van der Waals surface area contributed by atoms with Crippen molar-refractivity contribution in [1.82, 2.24) is 4.90 Å². The van der Waals surface area contributed by atoms with Crippen LogP contribution in [0.25, 0.3) is 0 Å². The number of carboxylic acid groups (broad SMARTS) is 1. The van der Waals surface area contributed by atoms with Crippen molar-refractivity contribution >= 4 is 11.9 Å². The zero-order chi connectivity index (χ0) is 15.2. The molecule has 1 aliphatic rings. The molecule has 0 saturated carbocycles. The Hall–Kier alpha value is -1.84. The Bertz CT molecular complexity index is 486. The van der Waals surface area contributed by atoms with E-state index in [9.17, 15) is 9.59 Å². The van der Waals surface area contributed by atoms with Crippen LogP contribution in [0.15, 0.2) is 30.3 Å². The summed E-state index contributed by atoms with van der Waals surface area (Å²) in [5, 5.41) is 8.99. The van der Waals surface area contributed by atoms with Crippen LogP contribution < -0.4 is 0 Å². The van der Waals surface area contributed by atoms with Crippen molar-refractivity contribution in [2.45, 2.75) is 51.0 Å². The summed E-state index contributed by atoms with van der Waals surface area (Å²) >= 11 is 0. The number of hydrogen-bond donors (Lipinski definition) is 1. The van der Waals surface area contributed by atoms with Crippen molar-refractivity contribution in [2.24, 2.45) is 0 Å². The van der Waals surface area contributed by atoms with Crippen molar-refractivity contribution in [2.75, 3.05) is 6.54 Å². The molecular weight excluding hydrogens is 266 g/mol. The van der Waals surface area contributed by atoms with Crippen molar-refractivity contribution in [1.29, 1.82) is 0 Å². The summed E-state index contributed by atoms with van der Waals surface area (Å²) in [6.07, 6.45) is 3.49. The molecule has 4 heteroatoms. The molecule has 0 radical (unpaired) electrons. The molecule has 0 bridgehead atoms. The highest BCUT2D eigenvalue weighted by atomic mass is 16.4. The summed E-state index contributed by atoms with van der Waals surface area (Å²) in [5.74, 6) is -0.885. The normalized spacial score (nSPS) is 19.5. The topological polar surface area (TPSA) is 57.6 Å². The third-order valence-electron chi connectivity index (χ3n) is 4.15. The number of aliphatic carboxylic acids is 1. The molecule has 0 aliphatic carbocycles. The lowest BCUT2D eigenvalue weighted by Crippen LogP contribution is -2.39. The van der Waals surface area contributed by atoms with Gasteiger partial charge in [-0.05, 0) is 24.8 Å². The SMILES string of the molecule is CCCC(C(=O)N1CCCC1CC(=O)O)c1ccccc1. The highest BCUT2D eigenvalue weighted by Crippen LogP contribution is 2.29. The van der Waals surface area contributed by atoms with E-state index in [1.807, 2.05) is 30.3 Å². The van der Waals surface area contributed by atoms with Gasteiger partial charge in [0.1, 0.15) is 0 Å². The van der Waals surface area contributed by atoms with E-state index in [2.05, 4.69) is 6.92 Å². The highest BCUT2D eigenvalue weighted by molar-refractivity contribution is 5.84. The Kier molecular flexibility index (Phi) is 5.37.